The number of hydrogen-bond acceptors (Lipinski definition) is 4. The molecule has 4 nitrogen and oxygen atoms in total. The van der Waals surface area contributed by atoms with Crippen LogP contribution in [0.2, 0.25) is 0 Å². The maximum Gasteiger partial charge on any atom is 0.303 e. The highest BCUT2D eigenvalue weighted by molar-refractivity contribution is 5.66. The molecule has 0 unspecified atom stereocenters. The number of carbonyl (C=O) groups is 1. The number of benzene rings is 1. The smallest absolute Gasteiger partial charge is 0.303 e. The van der Waals surface area contributed by atoms with Gasteiger partial charge < -0.3 is 15.6 Å². The molecule has 0 aliphatic heterocycles. The fraction of sp³-hybridized carbons (Fsp3) is 0.364. The van der Waals surface area contributed by atoms with Gasteiger partial charge in [-0.15, -0.1) is 0 Å². The minimum absolute atomic E-state index is 0.282. The predicted molar refractivity (Wildman–Crippen MR) is 56.0 cm³/mol. The SMILES string of the molecule is CC(=O)O[C@@H](CO)[C@@H](N)c1ccccc1. The first-order valence-electron chi connectivity index (χ1n) is 4.73. The van der Waals surface area contributed by atoms with Crippen molar-refractivity contribution >= 4 is 5.97 Å². The molecule has 0 radical (unpaired) electrons. The van der Waals surface area contributed by atoms with E-state index in [9.17, 15) is 4.79 Å². The van der Waals surface area contributed by atoms with Crippen LogP contribution in [0.25, 0.3) is 0 Å². The van der Waals surface area contributed by atoms with Crippen molar-refractivity contribution in [2.24, 2.45) is 5.73 Å². The van der Waals surface area contributed by atoms with Crippen molar-refractivity contribution in [3.63, 3.8) is 0 Å². The molecule has 0 saturated carbocycles. The summed E-state index contributed by atoms with van der Waals surface area (Å²) in [5.41, 5.74) is 6.69. The van der Waals surface area contributed by atoms with E-state index in [1.165, 1.54) is 6.92 Å². The van der Waals surface area contributed by atoms with E-state index in [1.807, 2.05) is 30.3 Å². The second-order valence-electron chi connectivity index (χ2n) is 3.27. The van der Waals surface area contributed by atoms with Crippen LogP contribution in [-0.2, 0) is 9.53 Å². The number of carbonyl (C=O) groups excluding carboxylic acids is 1. The number of hydrogen-bond donors (Lipinski definition) is 2. The fourth-order valence-corrected chi connectivity index (χ4v) is 1.33. The van der Waals surface area contributed by atoms with E-state index >= 15 is 0 Å². The Labute approximate surface area is 88.7 Å². The van der Waals surface area contributed by atoms with E-state index in [1.54, 1.807) is 0 Å². The maximum absolute atomic E-state index is 10.8. The summed E-state index contributed by atoms with van der Waals surface area (Å²) in [4.78, 5) is 10.8. The third-order valence-electron chi connectivity index (χ3n) is 2.08. The van der Waals surface area contributed by atoms with E-state index in [0.29, 0.717) is 0 Å². The standard InChI is InChI=1S/C11H15NO3/c1-8(14)15-10(7-13)11(12)9-5-3-2-4-6-9/h2-6,10-11,13H,7,12H2,1H3/t10-,11-/m0/s1. The lowest BCUT2D eigenvalue weighted by Gasteiger charge is -2.21. The van der Waals surface area contributed by atoms with Gasteiger partial charge in [-0.05, 0) is 5.56 Å². The highest BCUT2D eigenvalue weighted by atomic mass is 16.6. The Morgan fingerprint density at radius 1 is 1.47 bits per heavy atom. The molecular formula is C11H15NO3. The lowest BCUT2D eigenvalue weighted by molar-refractivity contribution is -0.149. The van der Waals surface area contributed by atoms with Crippen molar-refractivity contribution in [1.82, 2.24) is 0 Å². The van der Waals surface area contributed by atoms with Gasteiger partial charge in [0.2, 0.25) is 0 Å². The van der Waals surface area contributed by atoms with Crippen molar-refractivity contribution in [3.8, 4) is 0 Å². The summed E-state index contributed by atoms with van der Waals surface area (Å²) in [7, 11) is 0. The number of aliphatic hydroxyl groups is 1. The van der Waals surface area contributed by atoms with Crippen LogP contribution < -0.4 is 5.73 Å². The molecule has 1 aromatic carbocycles. The zero-order chi connectivity index (χ0) is 11.3. The summed E-state index contributed by atoms with van der Waals surface area (Å²) < 4.78 is 4.90. The predicted octanol–water partition coefficient (Wildman–Crippen LogP) is 0.610. The van der Waals surface area contributed by atoms with Crippen LogP contribution in [0.15, 0.2) is 30.3 Å². The molecule has 2 atom stereocenters. The van der Waals surface area contributed by atoms with Crippen molar-refractivity contribution < 1.29 is 14.6 Å². The normalized spacial score (nSPS) is 14.3. The molecule has 82 valence electrons. The van der Waals surface area contributed by atoms with E-state index < -0.39 is 18.1 Å². The van der Waals surface area contributed by atoms with Crippen LogP contribution in [0.4, 0.5) is 0 Å². The lowest BCUT2D eigenvalue weighted by Crippen LogP contribution is -2.33. The summed E-state index contributed by atoms with van der Waals surface area (Å²) in [5, 5.41) is 9.05. The summed E-state index contributed by atoms with van der Waals surface area (Å²) in [5.74, 6) is -0.444. The van der Waals surface area contributed by atoms with Crippen LogP contribution in [0.1, 0.15) is 18.5 Å². The topological polar surface area (TPSA) is 72.5 Å². The van der Waals surface area contributed by atoms with E-state index in [2.05, 4.69) is 0 Å². The monoisotopic (exact) mass is 209 g/mol. The van der Waals surface area contributed by atoms with E-state index in [4.69, 9.17) is 15.6 Å². The molecule has 0 spiro atoms. The molecule has 0 bridgehead atoms. The van der Waals surface area contributed by atoms with Gasteiger partial charge in [0.05, 0.1) is 12.6 Å². The summed E-state index contributed by atoms with van der Waals surface area (Å²) in [6.45, 7) is 1.01. The molecule has 4 heteroatoms. The van der Waals surface area contributed by atoms with Crippen LogP contribution in [-0.4, -0.2) is 23.8 Å². The highest BCUT2D eigenvalue weighted by Crippen LogP contribution is 2.16. The Hall–Kier alpha value is -1.39. The molecule has 0 aliphatic rings. The highest BCUT2D eigenvalue weighted by Gasteiger charge is 2.21. The van der Waals surface area contributed by atoms with E-state index in [-0.39, 0.29) is 6.61 Å². The Balaban J connectivity index is 2.73. The summed E-state index contributed by atoms with van der Waals surface area (Å²) in [6, 6.07) is 8.72. The Bertz CT molecular complexity index is 313. The quantitative estimate of drug-likeness (QED) is 0.713. The van der Waals surface area contributed by atoms with Gasteiger partial charge in [-0.3, -0.25) is 4.79 Å². The Morgan fingerprint density at radius 3 is 2.53 bits per heavy atom. The van der Waals surface area contributed by atoms with Crippen LogP contribution in [0.3, 0.4) is 0 Å². The molecule has 0 aliphatic carbocycles. The number of rotatable bonds is 4. The first kappa shape index (κ1) is 11.7. The molecule has 0 aromatic heterocycles. The number of nitrogens with two attached hydrogens (primary N) is 1. The molecule has 1 aromatic rings. The van der Waals surface area contributed by atoms with Crippen molar-refractivity contribution in [2.75, 3.05) is 6.61 Å². The van der Waals surface area contributed by atoms with Crippen molar-refractivity contribution in [1.29, 1.82) is 0 Å². The second kappa shape index (κ2) is 5.48. The zero-order valence-corrected chi connectivity index (χ0v) is 8.59. The zero-order valence-electron chi connectivity index (χ0n) is 8.59. The number of esters is 1. The first-order chi connectivity index (χ1) is 7.15. The maximum atomic E-state index is 10.8. The van der Waals surface area contributed by atoms with Gasteiger partial charge in [-0.2, -0.15) is 0 Å². The number of aliphatic hydroxyl groups excluding tert-OH is 1. The fourth-order valence-electron chi connectivity index (χ4n) is 1.33. The minimum Gasteiger partial charge on any atom is -0.458 e. The van der Waals surface area contributed by atoms with Crippen molar-refractivity contribution in [2.45, 2.75) is 19.1 Å². The van der Waals surface area contributed by atoms with Crippen LogP contribution >= 0.6 is 0 Å². The van der Waals surface area contributed by atoms with Gasteiger partial charge in [0, 0.05) is 6.92 Å². The molecule has 0 amide bonds. The van der Waals surface area contributed by atoms with Gasteiger partial charge in [0.1, 0.15) is 6.10 Å². The summed E-state index contributed by atoms with van der Waals surface area (Å²) >= 11 is 0. The second-order valence-corrected chi connectivity index (χ2v) is 3.27. The lowest BCUT2D eigenvalue weighted by atomic mass is 10.0. The van der Waals surface area contributed by atoms with Gasteiger partial charge in [-0.25, -0.2) is 0 Å². The molecule has 15 heavy (non-hydrogen) atoms. The van der Waals surface area contributed by atoms with Gasteiger partial charge in [-0.1, -0.05) is 30.3 Å². The molecule has 0 fully saturated rings. The Morgan fingerprint density at radius 2 is 2.07 bits per heavy atom. The van der Waals surface area contributed by atoms with E-state index in [0.717, 1.165) is 5.56 Å². The third-order valence-corrected chi connectivity index (χ3v) is 2.08. The van der Waals surface area contributed by atoms with Crippen LogP contribution in [0.5, 0.6) is 0 Å². The molecular weight excluding hydrogens is 194 g/mol. The molecule has 0 saturated heterocycles. The van der Waals surface area contributed by atoms with Gasteiger partial charge in [0.25, 0.3) is 0 Å². The molecule has 3 N–H and O–H groups in total. The molecule has 0 heterocycles. The Kier molecular flexibility index (Phi) is 4.27. The molecule has 1 rings (SSSR count). The third kappa shape index (κ3) is 3.34. The summed E-state index contributed by atoms with van der Waals surface area (Å²) in [6.07, 6.45) is -0.690. The first-order valence-corrected chi connectivity index (χ1v) is 4.73. The number of ether oxygens (including phenoxy) is 1. The largest absolute Gasteiger partial charge is 0.458 e. The average molecular weight is 209 g/mol. The van der Waals surface area contributed by atoms with Gasteiger partial charge >= 0.3 is 5.97 Å². The van der Waals surface area contributed by atoms with Crippen molar-refractivity contribution in [3.05, 3.63) is 35.9 Å². The van der Waals surface area contributed by atoms with Gasteiger partial charge in [0.15, 0.2) is 0 Å². The average Bonchev–Trinajstić information content (AvgIpc) is 2.26. The van der Waals surface area contributed by atoms with Crippen LogP contribution in [0, 0.1) is 0 Å². The minimum atomic E-state index is -0.690.